The molecular weight excluding hydrogens is 436 g/mol. The van der Waals surface area contributed by atoms with Crippen LogP contribution in [0.4, 0.5) is 0 Å². The highest BCUT2D eigenvalue weighted by molar-refractivity contribution is 7.81. The molecular formula is C23H30O8S. The van der Waals surface area contributed by atoms with Gasteiger partial charge in [-0.2, -0.15) is 12.6 Å². The smallest absolute Gasteiger partial charge is 0.316 e. The van der Waals surface area contributed by atoms with Crippen molar-refractivity contribution in [3.05, 3.63) is 59.7 Å². The molecule has 4 N–H and O–H groups in total. The lowest BCUT2D eigenvalue weighted by Gasteiger charge is -2.26. The maximum atomic E-state index is 9.90. The quantitative estimate of drug-likeness (QED) is 0.319. The maximum Gasteiger partial charge on any atom is 0.316 e. The molecule has 0 radical (unpaired) electrons. The Balaban J connectivity index is 0.000000482. The number of carboxylic acids is 2. The molecule has 0 saturated carbocycles. The van der Waals surface area contributed by atoms with Crippen LogP contribution in [-0.4, -0.2) is 64.0 Å². The largest absolute Gasteiger partial charge is 0.491 e. The van der Waals surface area contributed by atoms with Crippen molar-refractivity contribution in [3.8, 4) is 11.5 Å². The highest BCUT2D eigenvalue weighted by atomic mass is 32.1. The lowest BCUT2D eigenvalue weighted by molar-refractivity contribution is -0.142. The zero-order chi connectivity index (χ0) is 24.1. The van der Waals surface area contributed by atoms with E-state index in [4.69, 9.17) is 29.9 Å². The van der Waals surface area contributed by atoms with Crippen molar-refractivity contribution in [1.29, 1.82) is 0 Å². The summed E-state index contributed by atoms with van der Waals surface area (Å²) in [6, 6.07) is 15.9. The fourth-order valence-corrected chi connectivity index (χ4v) is 2.84. The first-order valence-electron chi connectivity index (χ1n) is 9.92. The Kier molecular flexibility index (Phi) is 11.6. The molecule has 9 heteroatoms. The molecule has 8 nitrogen and oxygen atoms in total. The van der Waals surface area contributed by atoms with Crippen molar-refractivity contribution in [2.24, 2.45) is 0 Å². The second-order valence-corrected chi connectivity index (χ2v) is 7.89. The van der Waals surface area contributed by atoms with E-state index in [9.17, 15) is 9.59 Å². The molecule has 1 atom stereocenters. The highest BCUT2D eigenvalue weighted by Gasteiger charge is 2.23. The normalized spacial score (nSPS) is 11.7. The Labute approximate surface area is 192 Å². The van der Waals surface area contributed by atoms with E-state index in [1.54, 1.807) is 0 Å². The molecule has 1 unspecified atom stereocenters. The fourth-order valence-electron chi connectivity index (χ4n) is 2.68. The van der Waals surface area contributed by atoms with Gasteiger partial charge in [-0.1, -0.05) is 38.1 Å². The first kappa shape index (κ1) is 27.3. The number of rotatable bonds is 11. The van der Waals surface area contributed by atoms with Crippen molar-refractivity contribution < 1.29 is 39.5 Å². The minimum Gasteiger partial charge on any atom is -0.491 e. The molecule has 0 aliphatic rings. The lowest BCUT2D eigenvalue weighted by Crippen LogP contribution is -2.18. The number of aliphatic hydroxyl groups is 2. The van der Waals surface area contributed by atoms with Crippen LogP contribution in [0, 0.1) is 0 Å². The Morgan fingerprint density at radius 1 is 0.844 bits per heavy atom. The fraction of sp³-hybridized carbons (Fsp3) is 0.391. The van der Waals surface area contributed by atoms with Gasteiger partial charge in [0, 0.05) is 5.41 Å². The zero-order valence-electron chi connectivity index (χ0n) is 18.1. The Morgan fingerprint density at radius 2 is 1.22 bits per heavy atom. The van der Waals surface area contributed by atoms with E-state index in [0.29, 0.717) is 13.2 Å². The van der Waals surface area contributed by atoms with E-state index in [-0.39, 0.29) is 18.6 Å². The molecule has 0 aliphatic carbocycles. The Hall–Kier alpha value is -2.75. The lowest BCUT2D eigenvalue weighted by atomic mass is 9.78. The average Bonchev–Trinajstić information content (AvgIpc) is 2.76. The van der Waals surface area contributed by atoms with Crippen LogP contribution in [0.1, 0.15) is 31.4 Å². The summed E-state index contributed by atoms with van der Waals surface area (Å²) in [5, 5.41) is 32.6. The monoisotopic (exact) mass is 466 g/mol. The van der Waals surface area contributed by atoms with Crippen molar-refractivity contribution in [2.45, 2.75) is 30.9 Å². The number of benzene rings is 2. The second-order valence-electron chi connectivity index (χ2n) is 7.27. The minimum absolute atomic E-state index is 0.0119. The van der Waals surface area contributed by atoms with E-state index in [1.165, 1.54) is 11.1 Å². The van der Waals surface area contributed by atoms with Crippen LogP contribution in [0.25, 0.3) is 0 Å². The summed E-state index contributed by atoms with van der Waals surface area (Å²) in [6.07, 6.45) is -0.446. The van der Waals surface area contributed by atoms with Gasteiger partial charge in [-0.05, 0) is 35.4 Å². The van der Waals surface area contributed by atoms with Crippen LogP contribution in [-0.2, 0) is 15.0 Å². The number of thiol groups is 1. The van der Waals surface area contributed by atoms with Gasteiger partial charge in [-0.3, -0.25) is 9.59 Å². The van der Waals surface area contributed by atoms with Crippen molar-refractivity contribution in [2.75, 3.05) is 26.4 Å². The van der Waals surface area contributed by atoms with E-state index in [1.807, 2.05) is 48.5 Å². The number of ether oxygens (including phenoxy) is 2. The molecule has 0 aromatic heterocycles. The third-order valence-electron chi connectivity index (χ3n) is 4.53. The van der Waals surface area contributed by atoms with Gasteiger partial charge in [0.05, 0.1) is 19.6 Å². The summed E-state index contributed by atoms with van der Waals surface area (Å²) in [4.78, 5) is 19.7. The zero-order valence-corrected chi connectivity index (χ0v) is 19.0. The molecule has 0 amide bonds. The van der Waals surface area contributed by atoms with E-state index < -0.39 is 23.6 Å². The third kappa shape index (κ3) is 9.17. The van der Waals surface area contributed by atoms with Crippen molar-refractivity contribution in [3.63, 3.8) is 0 Å². The van der Waals surface area contributed by atoms with E-state index >= 15 is 0 Å². The van der Waals surface area contributed by atoms with Crippen LogP contribution in [0.2, 0.25) is 0 Å². The van der Waals surface area contributed by atoms with Crippen molar-refractivity contribution >= 4 is 24.6 Å². The predicted molar refractivity (Wildman–Crippen MR) is 123 cm³/mol. The van der Waals surface area contributed by atoms with Crippen molar-refractivity contribution in [1.82, 2.24) is 0 Å². The molecule has 0 fully saturated rings. The number of carbonyl (C=O) groups is 2. The van der Waals surface area contributed by atoms with Gasteiger partial charge in [0.25, 0.3) is 0 Å². The number of carboxylic acid groups (broad SMARTS) is 2. The van der Waals surface area contributed by atoms with Gasteiger partial charge in [0.15, 0.2) is 0 Å². The van der Waals surface area contributed by atoms with Gasteiger partial charge < -0.3 is 29.9 Å². The summed E-state index contributed by atoms with van der Waals surface area (Å²) in [7, 11) is 0. The first-order valence-corrected chi connectivity index (χ1v) is 10.4. The van der Waals surface area contributed by atoms with Gasteiger partial charge in [-0.25, -0.2) is 0 Å². The Morgan fingerprint density at radius 3 is 1.47 bits per heavy atom. The van der Waals surface area contributed by atoms with Gasteiger partial charge >= 0.3 is 11.9 Å². The molecule has 0 heterocycles. The number of hydrogen-bond donors (Lipinski definition) is 5. The number of aliphatic carboxylic acids is 2. The average molecular weight is 467 g/mol. The van der Waals surface area contributed by atoms with Crippen LogP contribution in [0.15, 0.2) is 48.5 Å². The molecule has 32 heavy (non-hydrogen) atoms. The predicted octanol–water partition coefficient (Wildman–Crippen LogP) is 2.60. The molecule has 0 aliphatic heterocycles. The number of hydrogen-bond acceptors (Lipinski definition) is 7. The molecule has 176 valence electrons. The third-order valence-corrected chi connectivity index (χ3v) is 4.93. The van der Waals surface area contributed by atoms with Crippen LogP contribution in [0.5, 0.6) is 11.5 Å². The van der Waals surface area contributed by atoms with E-state index in [0.717, 1.165) is 11.5 Å². The molecule has 2 aromatic carbocycles. The summed E-state index contributed by atoms with van der Waals surface area (Å²) >= 11 is 3.48. The van der Waals surface area contributed by atoms with Gasteiger partial charge in [-0.15, -0.1) is 0 Å². The molecule has 0 bridgehead atoms. The van der Waals surface area contributed by atoms with Gasteiger partial charge in [0.2, 0.25) is 0 Å². The molecule has 2 aromatic rings. The highest BCUT2D eigenvalue weighted by Crippen LogP contribution is 2.33. The SMILES string of the molecule is CC(C)(c1ccc(OCCO)cc1)c1ccc(OCCO)cc1.O=C(O)CC(S)C(=O)O. The summed E-state index contributed by atoms with van der Waals surface area (Å²) in [5.74, 6) is -0.851. The summed E-state index contributed by atoms with van der Waals surface area (Å²) in [6.45, 7) is 4.96. The summed E-state index contributed by atoms with van der Waals surface area (Å²) < 4.78 is 10.8. The minimum atomic E-state index is -1.21. The molecule has 0 saturated heterocycles. The first-order chi connectivity index (χ1) is 15.1. The van der Waals surface area contributed by atoms with Crippen LogP contribution < -0.4 is 9.47 Å². The molecule has 2 rings (SSSR count). The number of aliphatic hydroxyl groups excluding tert-OH is 2. The standard InChI is InChI=1S/C19H24O4.C4H6O4S/c1-19(2,15-3-7-17(8-4-15)22-13-11-20)16-5-9-18(10-6-16)23-14-12-21;5-3(6)1-2(9)4(7)8/h3-10,20-21H,11-14H2,1-2H3;2,9H,1H2,(H,5,6)(H,7,8). The molecule has 0 spiro atoms. The van der Waals surface area contributed by atoms with Gasteiger partial charge in [0.1, 0.15) is 30.0 Å². The topological polar surface area (TPSA) is 134 Å². The Bertz CT molecular complexity index is 781. The maximum absolute atomic E-state index is 9.90. The van der Waals surface area contributed by atoms with Crippen LogP contribution >= 0.6 is 12.6 Å². The van der Waals surface area contributed by atoms with E-state index in [2.05, 4.69) is 26.5 Å². The summed E-state index contributed by atoms with van der Waals surface area (Å²) in [5.41, 5.74) is 2.21. The van der Waals surface area contributed by atoms with Crippen LogP contribution in [0.3, 0.4) is 0 Å². The second kappa shape index (κ2) is 13.6.